The van der Waals surface area contributed by atoms with Gasteiger partial charge in [0.15, 0.2) is 0 Å². The van der Waals surface area contributed by atoms with Gasteiger partial charge in [-0.1, -0.05) is 18.5 Å². The number of halogens is 1. The third kappa shape index (κ3) is 4.38. The van der Waals surface area contributed by atoms with Crippen LogP contribution in [0.5, 0.6) is 0 Å². The van der Waals surface area contributed by atoms with Crippen LogP contribution >= 0.6 is 11.6 Å². The summed E-state index contributed by atoms with van der Waals surface area (Å²) in [6.07, 6.45) is 0. The van der Waals surface area contributed by atoms with E-state index in [0.29, 0.717) is 29.5 Å². The Labute approximate surface area is 118 Å². The molecule has 106 valence electrons. The fourth-order valence-electron chi connectivity index (χ4n) is 1.79. The lowest BCUT2D eigenvalue weighted by Crippen LogP contribution is -2.43. The highest BCUT2D eigenvalue weighted by molar-refractivity contribution is 6.33. The summed E-state index contributed by atoms with van der Waals surface area (Å²) in [5.41, 5.74) is 6.72. The van der Waals surface area contributed by atoms with E-state index in [-0.39, 0.29) is 18.6 Å². The van der Waals surface area contributed by atoms with Crippen LogP contribution in [0.2, 0.25) is 5.02 Å². The zero-order valence-electron chi connectivity index (χ0n) is 11.2. The van der Waals surface area contributed by atoms with Gasteiger partial charge in [0.25, 0.3) is 0 Å². The van der Waals surface area contributed by atoms with Crippen LogP contribution in [0, 0.1) is 0 Å². The van der Waals surface area contributed by atoms with Gasteiger partial charge in [-0.25, -0.2) is 0 Å². The molecule has 0 aliphatic carbocycles. The van der Waals surface area contributed by atoms with Gasteiger partial charge in [-0.15, -0.1) is 0 Å². The van der Waals surface area contributed by atoms with Crippen LogP contribution < -0.4 is 11.1 Å². The van der Waals surface area contributed by atoms with Gasteiger partial charge in [0.1, 0.15) is 0 Å². The van der Waals surface area contributed by atoms with Crippen LogP contribution in [0.4, 0.5) is 11.4 Å². The first-order valence-electron chi connectivity index (χ1n) is 6.20. The van der Waals surface area contributed by atoms with E-state index < -0.39 is 0 Å². The van der Waals surface area contributed by atoms with E-state index in [1.54, 1.807) is 25.1 Å². The van der Waals surface area contributed by atoms with Crippen LogP contribution in [-0.2, 0) is 4.79 Å². The number of nitrogens with one attached hydrogen (secondary N) is 1. The maximum absolute atomic E-state index is 12.1. The Morgan fingerprint density at radius 2 is 2.26 bits per heavy atom. The zero-order valence-corrected chi connectivity index (χ0v) is 11.9. The normalized spacial score (nSPS) is 12.5. The number of hydrogen-bond acceptors (Lipinski definition) is 4. The Balaban J connectivity index is 2.70. The average Bonchev–Trinajstić information content (AvgIpc) is 2.39. The van der Waals surface area contributed by atoms with Crippen LogP contribution in [0.3, 0.4) is 0 Å². The third-order valence-corrected chi connectivity index (χ3v) is 3.33. The van der Waals surface area contributed by atoms with Crippen molar-refractivity contribution in [3.05, 3.63) is 23.2 Å². The first-order valence-corrected chi connectivity index (χ1v) is 6.58. The molecular formula is C13H20ClN3O2. The number of carbonyl (C=O) groups excluding carboxylic acids is 1. The number of nitrogens with two attached hydrogens (primary N) is 1. The highest BCUT2D eigenvalue weighted by Gasteiger charge is 2.19. The van der Waals surface area contributed by atoms with Crippen LogP contribution in [0.1, 0.15) is 13.8 Å². The number of nitrogens with zero attached hydrogens (tertiary/aromatic N) is 1. The average molecular weight is 286 g/mol. The Morgan fingerprint density at radius 1 is 1.58 bits per heavy atom. The largest absolute Gasteiger partial charge is 0.397 e. The maximum Gasteiger partial charge on any atom is 0.241 e. The minimum absolute atomic E-state index is 0.0271. The summed E-state index contributed by atoms with van der Waals surface area (Å²) in [6.45, 7) is 4.93. The van der Waals surface area contributed by atoms with Crippen molar-refractivity contribution in [2.24, 2.45) is 0 Å². The molecule has 1 atom stereocenters. The number of aliphatic hydroxyl groups excluding tert-OH is 1. The van der Waals surface area contributed by atoms with Crippen LogP contribution in [0.15, 0.2) is 18.2 Å². The lowest BCUT2D eigenvalue weighted by molar-refractivity contribution is -0.120. The van der Waals surface area contributed by atoms with E-state index in [2.05, 4.69) is 5.32 Å². The van der Waals surface area contributed by atoms with Gasteiger partial charge in [0, 0.05) is 12.2 Å². The zero-order chi connectivity index (χ0) is 14.4. The topological polar surface area (TPSA) is 78.6 Å². The SMILES string of the molecule is CCN(CCO)C(C)C(=O)Nc1ccc(Cl)c(N)c1. The second kappa shape index (κ2) is 7.33. The van der Waals surface area contributed by atoms with Crippen molar-refractivity contribution in [2.75, 3.05) is 30.7 Å². The molecule has 0 aliphatic heterocycles. The minimum Gasteiger partial charge on any atom is -0.397 e. The quantitative estimate of drug-likeness (QED) is 0.693. The molecule has 0 aromatic heterocycles. The highest BCUT2D eigenvalue weighted by atomic mass is 35.5. The smallest absolute Gasteiger partial charge is 0.241 e. The number of anilines is 2. The number of carbonyl (C=O) groups is 1. The number of amides is 1. The van der Waals surface area contributed by atoms with E-state index >= 15 is 0 Å². The molecule has 1 aromatic rings. The Kier molecular flexibility index (Phi) is 6.08. The summed E-state index contributed by atoms with van der Waals surface area (Å²) < 4.78 is 0. The van der Waals surface area contributed by atoms with Crippen LogP contribution in [0.25, 0.3) is 0 Å². The predicted molar refractivity (Wildman–Crippen MR) is 78.3 cm³/mol. The summed E-state index contributed by atoms with van der Waals surface area (Å²) in [5, 5.41) is 12.2. The van der Waals surface area contributed by atoms with E-state index in [9.17, 15) is 4.79 Å². The molecule has 1 unspecified atom stereocenters. The third-order valence-electron chi connectivity index (χ3n) is 2.98. The Morgan fingerprint density at radius 3 is 2.79 bits per heavy atom. The summed E-state index contributed by atoms with van der Waals surface area (Å²) in [7, 11) is 0. The van der Waals surface area contributed by atoms with Gasteiger partial charge in [-0.2, -0.15) is 0 Å². The van der Waals surface area contributed by atoms with Crippen molar-refractivity contribution in [2.45, 2.75) is 19.9 Å². The highest BCUT2D eigenvalue weighted by Crippen LogP contribution is 2.22. The molecule has 0 radical (unpaired) electrons. The van der Waals surface area contributed by atoms with E-state index in [0.717, 1.165) is 0 Å². The van der Waals surface area contributed by atoms with Gasteiger partial charge in [0.05, 0.1) is 23.4 Å². The number of nitrogen functional groups attached to an aromatic ring is 1. The molecule has 0 bridgehead atoms. The number of aliphatic hydroxyl groups is 1. The van der Waals surface area contributed by atoms with Crippen molar-refractivity contribution in [1.29, 1.82) is 0 Å². The Bertz CT molecular complexity index is 440. The molecule has 0 saturated heterocycles. The Hall–Kier alpha value is -1.30. The van der Waals surface area contributed by atoms with E-state index in [4.69, 9.17) is 22.4 Å². The fourth-order valence-corrected chi connectivity index (χ4v) is 1.91. The van der Waals surface area contributed by atoms with E-state index in [1.807, 2.05) is 11.8 Å². The number of rotatable bonds is 6. The fraction of sp³-hybridized carbons (Fsp3) is 0.462. The van der Waals surface area contributed by atoms with E-state index in [1.165, 1.54) is 0 Å². The summed E-state index contributed by atoms with van der Waals surface area (Å²) >= 11 is 5.82. The number of likely N-dealkylation sites (N-methyl/N-ethyl adjacent to an activating group) is 1. The second-order valence-corrected chi connectivity index (χ2v) is 4.66. The van der Waals surface area contributed by atoms with Gasteiger partial charge in [-0.3, -0.25) is 9.69 Å². The summed E-state index contributed by atoms with van der Waals surface area (Å²) in [6, 6.07) is 4.64. The monoisotopic (exact) mass is 285 g/mol. The second-order valence-electron chi connectivity index (χ2n) is 4.25. The molecule has 1 rings (SSSR count). The molecule has 4 N–H and O–H groups in total. The molecule has 0 aliphatic rings. The first-order chi connectivity index (χ1) is 8.99. The predicted octanol–water partition coefficient (Wildman–Crippen LogP) is 1.56. The van der Waals surface area contributed by atoms with Gasteiger partial charge in [0.2, 0.25) is 5.91 Å². The molecule has 19 heavy (non-hydrogen) atoms. The molecule has 1 amide bonds. The van der Waals surface area contributed by atoms with Gasteiger partial charge in [-0.05, 0) is 31.7 Å². The summed E-state index contributed by atoms with van der Waals surface area (Å²) in [4.78, 5) is 14.0. The number of hydrogen-bond donors (Lipinski definition) is 3. The molecule has 0 saturated carbocycles. The standard InChI is InChI=1S/C13H20ClN3O2/c1-3-17(6-7-18)9(2)13(19)16-10-4-5-11(14)12(15)8-10/h4-5,8-9,18H,3,6-7,15H2,1-2H3,(H,16,19). The first kappa shape index (κ1) is 15.8. The maximum atomic E-state index is 12.1. The molecule has 1 aromatic carbocycles. The molecule has 0 heterocycles. The number of benzene rings is 1. The van der Waals surface area contributed by atoms with Crippen molar-refractivity contribution in [3.8, 4) is 0 Å². The molecule has 5 nitrogen and oxygen atoms in total. The lowest BCUT2D eigenvalue weighted by Gasteiger charge is -2.26. The van der Waals surface area contributed by atoms with Crippen molar-refractivity contribution in [1.82, 2.24) is 4.90 Å². The van der Waals surface area contributed by atoms with Crippen molar-refractivity contribution >= 4 is 28.9 Å². The van der Waals surface area contributed by atoms with Gasteiger partial charge < -0.3 is 16.2 Å². The van der Waals surface area contributed by atoms with Gasteiger partial charge >= 0.3 is 0 Å². The minimum atomic E-state index is -0.325. The van der Waals surface area contributed by atoms with Crippen LogP contribution in [-0.4, -0.2) is 41.7 Å². The lowest BCUT2D eigenvalue weighted by atomic mass is 10.2. The molecule has 6 heteroatoms. The molecular weight excluding hydrogens is 266 g/mol. The molecule has 0 spiro atoms. The summed E-state index contributed by atoms with van der Waals surface area (Å²) in [5.74, 6) is -0.142. The van der Waals surface area contributed by atoms with Crippen molar-refractivity contribution < 1.29 is 9.90 Å². The van der Waals surface area contributed by atoms with Crippen molar-refractivity contribution in [3.63, 3.8) is 0 Å². The molecule has 0 fully saturated rings.